The van der Waals surface area contributed by atoms with Crippen molar-refractivity contribution >= 4 is 6.09 Å². The lowest BCUT2D eigenvalue weighted by atomic mass is 9.92. The third kappa shape index (κ3) is 5.03. The largest absolute Gasteiger partial charge is 0.488 e. The number of hydrogen-bond donors (Lipinski definition) is 0. The molecule has 4 rings (SSSR count). The number of nitrogens with zero attached hydrogens (tertiary/aromatic N) is 5. The van der Waals surface area contributed by atoms with Crippen LogP contribution < -0.4 is 4.74 Å². The maximum Gasteiger partial charge on any atom is 0.410 e. The second kappa shape index (κ2) is 10.3. The van der Waals surface area contributed by atoms with Crippen molar-refractivity contribution < 1.29 is 19.0 Å². The molecule has 32 heavy (non-hydrogen) atoms. The van der Waals surface area contributed by atoms with Crippen molar-refractivity contribution in [2.75, 3.05) is 14.2 Å². The number of hydrogen-bond acceptors (Lipinski definition) is 7. The summed E-state index contributed by atoms with van der Waals surface area (Å²) in [4.78, 5) is 18.9. The fourth-order valence-electron chi connectivity index (χ4n) is 4.22. The molecule has 0 spiro atoms. The van der Waals surface area contributed by atoms with E-state index in [0.29, 0.717) is 23.7 Å². The Morgan fingerprint density at radius 3 is 2.59 bits per heavy atom. The summed E-state index contributed by atoms with van der Waals surface area (Å²) in [5, 5.41) is 8.41. The van der Waals surface area contributed by atoms with Crippen LogP contribution in [0.5, 0.6) is 5.75 Å². The highest BCUT2D eigenvalue weighted by Gasteiger charge is 2.27. The first-order valence-corrected chi connectivity index (χ1v) is 11.5. The van der Waals surface area contributed by atoms with Gasteiger partial charge < -0.3 is 19.1 Å². The summed E-state index contributed by atoms with van der Waals surface area (Å²) in [5.74, 6) is 0.751. The van der Waals surface area contributed by atoms with Crippen LogP contribution in [-0.2, 0) is 29.7 Å². The maximum atomic E-state index is 12.4. The van der Waals surface area contributed by atoms with Crippen LogP contribution in [0.25, 0.3) is 11.4 Å². The second-order valence-corrected chi connectivity index (χ2v) is 8.71. The standard InChI is InChI=1S/C23H33N5O4/c1-27(16-8-7-9-16)23(29)31-15-20-22(25-26-28(20)2)18-12-13-21(19(24-18)14-30-3)32-17-10-5-4-6-11-17/h12-13,16-17H,4-11,14-15H2,1-3H3. The Hall–Kier alpha value is -2.68. The van der Waals surface area contributed by atoms with Gasteiger partial charge in [0.05, 0.1) is 18.4 Å². The van der Waals surface area contributed by atoms with Crippen LogP contribution in [0, 0.1) is 0 Å². The Kier molecular flexibility index (Phi) is 7.24. The number of aromatic nitrogens is 4. The molecule has 0 aromatic carbocycles. The van der Waals surface area contributed by atoms with Gasteiger partial charge in [-0.3, -0.25) is 0 Å². The van der Waals surface area contributed by atoms with Gasteiger partial charge in [-0.2, -0.15) is 0 Å². The highest BCUT2D eigenvalue weighted by Crippen LogP contribution is 2.29. The Labute approximate surface area is 189 Å². The zero-order valence-electron chi connectivity index (χ0n) is 19.2. The van der Waals surface area contributed by atoms with Gasteiger partial charge in [0.2, 0.25) is 0 Å². The average Bonchev–Trinajstić information content (AvgIpc) is 3.13. The molecule has 2 aromatic rings. The number of ether oxygens (including phenoxy) is 3. The van der Waals surface area contributed by atoms with Crippen LogP contribution in [0.15, 0.2) is 12.1 Å². The summed E-state index contributed by atoms with van der Waals surface area (Å²) in [7, 11) is 5.22. The van der Waals surface area contributed by atoms with Crippen LogP contribution in [0.2, 0.25) is 0 Å². The van der Waals surface area contributed by atoms with E-state index in [9.17, 15) is 4.79 Å². The third-order valence-corrected chi connectivity index (χ3v) is 6.49. The van der Waals surface area contributed by atoms with Gasteiger partial charge in [-0.25, -0.2) is 14.5 Å². The fourth-order valence-corrected chi connectivity index (χ4v) is 4.22. The number of pyridine rings is 1. The molecule has 2 aliphatic rings. The smallest absolute Gasteiger partial charge is 0.410 e. The van der Waals surface area contributed by atoms with E-state index in [0.717, 1.165) is 43.5 Å². The molecule has 0 radical (unpaired) electrons. The fraction of sp³-hybridized carbons (Fsp3) is 0.652. The minimum absolute atomic E-state index is 0.0797. The van der Waals surface area contributed by atoms with E-state index < -0.39 is 0 Å². The molecule has 2 saturated carbocycles. The summed E-state index contributed by atoms with van der Waals surface area (Å²) in [6.45, 7) is 0.420. The first kappa shape index (κ1) is 22.5. The number of amides is 1. The van der Waals surface area contributed by atoms with Crippen LogP contribution in [-0.4, -0.2) is 57.3 Å². The topological polar surface area (TPSA) is 91.6 Å². The van der Waals surface area contributed by atoms with Gasteiger partial charge in [0.15, 0.2) is 0 Å². The normalized spacial score (nSPS) is 17.1. The Balaban J connectivity index is 1.50. The van der Waals surface area contributed by atoms with Gasteiger partial charge in [-0.05, 0) is 57.1 Å². The van der Waals surface area contributed by atoms with Crippen molar-refractivity contribution in [3.63, 3.8) is 0 Å². The Morgan fingerprint density at radius 2 is 1.91 bits per heavy atom. The molecule has 174 valence electrons. The van der Waals surface area contributed by atoms with E-state index in [1.807, 2.05) is 12.1 Å². The third-order valence-electron chi connectivity index (χ3n) is 6.49. The summed E-state index contributed by atoms with van der Waals surface area (Å²) in [5.41, 5.74) is 2.67. The van der Waals surface area contributed by atoms with Gasteiger partial charge >= 0.3 is 6.09 Å². The van der Waals surface area contributed by atoms with Gasteiger partial charge in [0.25, 0.3) is 0 Å². The van der Waals surface area contributed by atoms with Crippen molar-refractivity contribution in [1.29, 1.82) is 0 Å². The van der Waals surface area contributed by atoms with Gasteiger partial charge in [-0.15, -0.1) is 5.10 Å². The lowest BCUT2D eigenvalue weighted by Gasteiger charge is -2.33. The van der Waals surface area contributed by atoms with Crippen molar-refractivity contribution in [2.45, 2.75) is 76.7 Å². The SMILES string of the molecule is COCc1nc(-c2nnn(C)c2COC(=O)N(C)C2CCC2)ccc1OC1CCCCC1. The highest BCUT2D eigenvalue weighted by atomic mass is 16.6. The predicted molar refractivity (Wildman–Crippen MR) is 118 cm³/mol. The van der Waals surface area contributed by atoms with E-state index in [1.165, 1.54) is 19.3 Å². The van der Waals surface area contributed by atoms with E-state index in [2.05, 4.69) is 10.3 Å². The van der Waals surface area contributed by atoms with Gasteiger partial charge in [0, 0.05) is 27.2 Å². The first-order valence-electron chi connectivity index (χ1n) is 11.5. The summed E-state index contributed by atoms with van der Waals surface area (Å²) in [6.07, 6.45) is 8.95. The molecule has 0 aliphatic heterocycles. The molecule has 0 bridgehead atoms. The van der Waals surface area contributed by atoms with Crippen LogP contribution >= 0.6 is 0 Å². The van der Waals surface area contributed by atoms with Crippen LogP contribution in [0.4, 0.5) is 4.79 Å². The Morgan fingerprint density at radius 1 is 1.12 bits per heavy atom. The summed E-state index contributed by atoms with van der Waals surface area (Å²) < 4.78 is 18.8. The zero-order valence-corrected chi connectivity index (χ0v) is 19.2. The number of methoxy groups -OCH3 is 1. The van der Waals surface area contributed by atoms with Crippen LogP contribution in [0.1, 0.15) is 62.8 Å². The molecule has 1 amide bonds. The molecule has 2 aliphatic carbocycles. The van der Waals surface area contributed by atoms with Crippen molar-refractivity contribution in [3.8, 4) is 17.1 Å². The molecule has 0 saturated heterocycles. The summed E-state index contributed by atoms with van der Waals surface area (Å²) >= 11 is 0. The molecule has 2 aromatic heterocycles. The maximum absolute atomic E-state index is 12.4. The molecule has 9 nitrogen and oxygen atoms in total. The minimum atomic E-state index is -0.328. The summed E-state index contributed by atoms with van der Waals surface area (Å²) in [6, 6.07) is 4.09. The number of carbonyl (C=O) groups excluding carboxylic acids is 1. The van der Waals surface area contributed by atoms with Crippen LogP contribution in [0.3, 0.4) is 0 Å². The molecule has 0 unspecified atom stereocenters. The van der Waals surface area contributed by atoms with E-state index >= 15 is 0 Å². The predicted octanol–water partition coefficient (Wildman–Crippen LogP) is 3.86. The monoisotopic (exact) mass is 443 g/mol. The molecule has 0 atom stereocenters. The lowest BCUT2D eigenvalue weighted by Crippen LogP contribution is -2.41. The highest BCUT2D eigenvalue weighted by molar-refractivity contribution is 5.68. The quantitative estimate of drug-likeness (QED) is 0.612. The molecule has 9 heteroatoms. The number of rotatable bonds is 8. The molecule has 0 N–H and O–H groups in total. The van der Waals surface area contributed by atoms with Gasteiger partial charge in [0.1, 0.15) is 29.4 Å². The van der Waals surface area contributed by atoms with Crippen molar-refractivity contribution in [1.82, 2.24) is 24.9 Å². The molecular formula is C23H33N5O4. The van der Waals surface area contributed by atoms with E-state index in [4.69, 9.17) is 19.2 Å². The second-order valence-electron chi connectivity index (χ2n) is 8.71. The van der Waals surface area contributed by atoms with Gasteiger partial charge in [-0.1, -0.05) is 11.6 Å². The lowest BCUT2D eigenvalue weighted by molar-refractivity contribution is 0.0734. The van der Waals surface area contributed by atoms with E-state index in [-0.39, 0.29) is 24.8 Å². The average molecular weight is 444 g/mol. The molecule has 2 fully saturated rings. The van der Waals surface area contributed by atoms with Crippen molar-refractivity contribution in [3.05, 3.63) is 23.5 Å². The molecular weight excluding hydrogens is 410 g/mol. The van der Waals surface area contributed by atoms with Crippen molar-refractivity contribution in [2.24, 2.45) is 7.05 Å². The zero-order chi connectivity index (χ0) is 22.5. The number of carbonyl (C=O) groups is 1. The van der Waals surface area contributed by atoms with E-state index in [1.54, 1.807) is 30.8 Å². The minimum Gasteiger partial charge on any atom is -0.488 e. The number of aryl methyl sites for hydroxylation is 1. The Bertz CT molecular complexity index is 921. The molecule has 2 heterocycles. The first-order chi connectivity index (χ1) is 15.6.